The zero-order chi connectivity index (χ0) is 12.1. The second-order valence-electron chi connectivity index (χ2n) is 3.40. The molecule has 0 radical (unpaired) electrons. The average Bonchev–Trinajstić information content (AvgIpc) is 2.22. The lowest BCUT2D eigenvalue weighted by Gasteiger charge is -2.14. The van der Waals surface area contributed by atoms with E-state index in [1.54, 1.807) is 0 Å². The first kappa shape index (κ1) is 12.6. The summed E-state index contributed by atoms with van der Waals surface area (Å²) in [6.45, 7) is 0.133. The van der Waals surface area contributed by atoms with Gasteiger partial charge in [-0.05, 0) is 23.3 Å². The fourth-order valence-corrected chi connectivity index (χ4v) is 1.56. The molecule has 3 N–H and O–H groups in total. The van der Waals surface area contributed by atoms with Crippen LogP contribution in [0.1, 0.15) is 17.0 Å². The maximum Gasteiger partial charge on any atom is 0.312 e. The molecular formula is C11H14FNO3. The molecule has 0 spiro atoms. The van der Waals surface area contributed by atoms with E-state index in [2.05, 4.69) is 0 Å². The Balaban J connectivity index is 3.14. The summed E-state index contributed by atoms with van der Waals surface area (Å²) in [5.41, 5.74) is 6.41. The largest absolute Gasteiger partial charge is 0.481 e. The molecule has 0 saturated heterocycles. The number of nitrogens with two attached hydrogens (primary N) is 1. The summed E-state index contributed by atoms with van der Waals surface area (Å²) in [5, 5.41) is 8.97. The zero-order valence-electron chi connectivity index (χ0n) is 8.94. The van der Waals surface area contributed by atoms with Gasteiger partial charge in [-0.15, -0.1) is 0 Å². The molecule has 1 rings (SSSR count). The number of halogens is 1. The number of rotatable bonds is 5. The van der Waals surface area contributed by atoms with Gasteiger partial charge in [-0.3, -0.25) is 4.79 Å². The number of hydrogen-bond acceptors (Lipinski definition) is 3. The third-order valence-corrected chi connectivity index (χ3v) is 2.31. The quantitative estimate of drug-likeness (QED) is 0.790. The topological polar surface area (TPSA) is 72.5 Å². The van der Waals surface area contributed by atoms with Crippen LogP contribution in [0.15, 0.2) is 18.2 Å². The molecule has 4 nitrogen and oxygen atoms in total. The van der Waals surface area contributed by atoms with Crippen LogP contribution >= 0.6 is 0 Å². The molecule has 16 heavy (non-hydrogen) atoms. The molecule has 1 unspecified atom stereocenters. The highest BCUT2D eigenvalue weighted by molar-refractivity contribution is 5.77. The summed E-state index contributed by atoms with van der Waals surface area (Å²) in [4.78, 5) is 11.0. The molecule has 5 heteroatoms. The first-order chi connectivity index (χ1) is 7.60. The Morgan fingerprint density at radius 3 is 2.81 bits per heavy atom. The van der Waals surface area contributed by atoms with Crippen LogP contribution in [0, 0.1) is 5.82 Å². The van der Waals surface area contributed by atoms with Gasteiger partial charge in [-0.1, -0.05) is 6.07 Å². The minimum atomic E-state index is -1.02. The first-order valence-electron chi connectivity index (χ1n) is 4.80. The van der Waals surface area contributed by atoms with Crippen LogP contribution in [0.4, 0.5) is 4.39 Å². The molecule has 0 amide bonds. The zero-order valence-corrected chi connectivity index (χ0v) is 8.94. The van der Waals surface area contributed by atoms with Crippen LogP contribution in [0.25, 0.3) is 0 Å². The number of hydrogen-bond donors (Lipinski definition) is 2. The maximum absolute atomic E-state index is 13.0. The summed E-state index contributed by atoms with van der Waals surface area (Å²) in [7, 11) is 1.47. The van der Waals surface area contributed by atoms with Crippen LogP contribution in [0.5, 0.6) is 0 Å². The number of carbonyl (C=O) groups is 1. The summed E-state index contributed by atoms with van der Waals surface area (Å²) < 4.78 is 17.9. The average molecular weight is 227 g/mol. The smallest absolute Gasteiger partial charge is 0.312 e. The highest BCUT2D eigenvalue weighted by Gasteiger charge is 2.21. The molecule has 1 atom stereocenters. The highest BCUT2D eigenvalue weighted by atomic mass is 19.1. The SMILES string of the molecule is COCc1cc(F)ccc1C(CN)C(=O)O. The summed E-state index contributed by atoms with van der Waals surface area (Å²) >= 11 is 0. The fraction of sp³-hybridized carbons (Fsp3) is 0.364. The van der Waals surface area contributed by atoms with Crippen molar-refractivity contribution in [2.24, 2.45) is 5.73 Å². The molecule has 0 aliphatic heterocycles. The molecule has 0 bridgehead atoms. The van der Waals surface area contributed by atoms with E-state index in [0.717, 1.165) is 0 Å². The van der Waals surface area contributed by atoms with Gasteiger partial charge in [0.15, 0.2) is 0 Å². The van der Waals surface area contributed by atoms with Gasteiger partial charge >= 0.3 is 5.97 Å². The Labute approximate surface area is 92.8 Å². The van der Waals surface area contributed by atoms with Crippen LogP contribution < -0.4 is 5.73 Å². The molecule has 0 aromatic heterocycles. The second-order valence-corrected chi connectivity index (χ2v) is 3.40. The number of ether oxygens (including phenoxy) is 1. The first-order valence-corrected chi connectivity index (χ1v) is 4.80. The summed E-state index contributed by atoms with van der Waals surface area (Å²) in [6, 6.07) is 3.93. The van der Waals surface area contributed by atoms with Crippen molar-refractivity contribution in [2.45, 2.75) is 12.5 Å². The summed E-state index contributed by atoms with van der Waals surface area (Å²) in [5.74, 6) is -2.27. The number of aliphatic carboxylic acids is 1. The molecule has 0 fully saturated rings. The van der Waals surface area contributed by atoms with Crippen LogP contribution in [0.2, 0.25) is 0 Å². The lowest BCUT2D eigenvalue weighted by Crippen LogP contribution is -2.22. The Hall–Kier alpha value is -1.46. The molecule has 0 aliphatic carbocycles. The van der Waals surface area contributed by atoms with E-state index >= 15 is 0 Å². The van der Waals surface area contributed by atoms with E-state index in [9.17, 15) is 9.18 Å². The van der Waals surface area contributed by atoms with Gasteiger partial charge in [-0.25, -0.2) is 4.39 Å². The van der Waals surface area contributed by atoms with E-state index in [-0.39, 0.29) is 13.2 Å². The standard InChI is InChI=1S/C11H14FNO3/c1-16-6-7-4-8(12)2-3-9(7)10(5-13)11(14)15/h2-4,10H,5-6,13H2,1H3,(H,14,15). The monoisotopic (exact) mass is 227 g/mol. The van der Waals surface area contributed by atoms with Gasteiger partial charge in [-0.2, -0.15) is 0 Å². The molecule has 0 heterocycles. The molecule has 1 aromatic carbocycles. The normalized spacial score (nSPS) is 12.4. The second kappa shape index (κ2) is 5.58. The minimum absolute atomic E-state index is 0.0301. The van der Waals surface area contributed by atoms with Crippen molar-refractivity contribution in [3.05, 3.63) is 35.1 Å². The van der Waals surface area contributed by atoms with E-state index in [1.165, 1.54) is 25.3 Å². The summed E-state index contributed by atoms with van der Waals surface area (Å²) in [6.07, 6.45) is 0. The Bertz CT molecular complexity index is 381. The van der Waals surface area contributed by atoms with Gasteiger partial charge in [0.1, 0.15) is 5.82 Å². The van der Waals surface area contributed by atoms with Gasteiger partial charge in [0.25, 0.3) is 0 Å². The van der Waals surface area contributed by atoms with Crippen molar-refractivity contribution in [2.75, 3.05) is 13.7 Å². The van der Waals surface area contributed by atoms with Gasteiger partial charge in [0, 0.05) is 13.7 Å². The van der Waals surface area contributed by atoms with Crippen molar-refractivity contribution < 1.29 is 19.0 Å². The third kappa shape index (κ3) is 2.77. The molecule has 88 valence electrons. The van der Waals surface area contributed by atoms with E-state index < -0.39 is 17.7 Å². The minimum Gasteiger partial charge on any atom is -0.481 e. The van der Waals surface area contributed by atoms with Gasteiger partial charge < -0.3 is 15.6 Å². The number of methoxy groups -OCH3 is 1. The van der Waals surface area contributed by atoms with Gasteiger partial charge in [0.05, 0.1) is 12.5 Å². The van der Waals surface area contributed by atoms with E-state index in [1.807, 2.05) is 0 Å². The van der Waals surface area contributed by atoms with Crippen LogP contribution in [-0.2, 0) is 16.1 Å². The van der Waals surface area contributed by atoms with Crippen LogP contribution in [-0.4, -0.2) is 24.7 Å². The van der Waals surface area contributed by atoms with Crippen molar-refractivity contribution in [3.63, 3.8) is 0 Å². The van der Waals surface area contributed by atoms with E-state index in [4.69, 9.17) is 15.6 Å². The van der Waals surface area contributed by atoms with Crippen molar-refractivity contribution >= 4 is 5.97 Å². The van der Waals surface area contributed by atoms with Crippen molar-refractivity contribution in [1.82, 2.24) is 0 Å². The van der Waals surface area contributed by atoms with Crippen molar-refractivity contribution in [1.29, 1.82) is 0 Å². The Morgan fingerprint density at radius 1 is 1.62 bits per heavy atom. The van der Waals surface area contributed by atoms with E-state index in [0.29, 0.717) is 11.1 Å². The lowest BCUT2D eigenvalue weighted by atomic mass is 9.94. The molecule has 1 aromatic rings. The predicted octanol–water partition coefficient (Wildman–Crippen LogP) is 1.10. The maximum atomic E-state index is 13.0. The molecule has 0 aliphatic rings. The predicted molar refractivity (Wildman–Crippen MR) is 56.5 cm³/mol. The fourth-order valence-electron chi connectivity index (χ4n) is 1.56. The molecule has 0 saturated carbocycles. The van der Waals surface area contributed by atoms with Crippen molar-refractivity contribution in [3.8, 4) is 0 Å². The number of carboxylic acid groups (broad SMARTS) is 1. The van der Waals surface area contributed by atoms with Crippen LogP contribution in [0.3, 0.4) is 0 Å². The number of benzene rings is 1. The molecular weight excluding hydrogens is 213 g/mol. The van der Waals surface area contributed by atoms with Gasteiger partial charge in [0.2, 0.25) is 0 Å². The number of carboxylic acids is 1. The Kier molecular flexibility index (Phi) is 4.39. The third-order valence-electron chi connectivity index (χ3n) is 2.31. The lowest BCUT2D eigenvalue weighted by molar-refractivity contribution is -0.138. The highest BCUT2D eigenvalue weighted by Crippen LogP contribution is 2.21. The Morgan fingerprint density at radius 2 is 2.31 bits per heavy atom.